The molecule has 0 aliphatic rings. The first-order valence-corrected chi connectivity index (χ1v) is 10.1. The van der Waals surface area contributed by atoms with Gasteiger partial charge in [-0.25, -0.2) is 10.5 Å². The Hall–Kier alpha value is -4.38. The second kappa shape index (κ2) is 7.89. The van der Waals surface area contributed by atoms with Gasteiger partial charge in [-0.1, -0.05) is 18.2 Å². The highest BCUT2D eigenvalue weighted by atomic mass is 19.4. The number of carbonyl (C=O) groups is 1. The van der Waals surface area contributed by atoms with Gasteiger partial charge in [-0.2, -0.15) is 18.3 Å². The summed E-state index contributed by atoms with van der Waals surface area (Å²) in [6.45, 7) is 0. The molecule has 2 heterocycles. The molecule has 0 bridgehead atoms. The monoisotopic (exact) mass is 466 g/mol. The van der Waals surface area contributed by atoms with Crippen LogP contribution in [0.3, 0.4) is 0 Å². The van der Waals surface area contributed by atoms with Crippen LogP contribution in [0.2, 0.25) is 0 Å². The van der Waals surface area contributed by atoms with Gasteiger partial charge in [-0.3, -0.25) is 14.7 Å². The average molecular weight is 466 g/mol. The second-order valence-electron chi connectivity index (χ2n) is 7.69. The number of rotatable bonds is 4. The number of carbonyl (C=O) groups excluding carboxylic acids is 1. The molecule has 0 saturated carbocycles. The van der Waals surface area contributed by atoms with Crippen molar-refractivity contribution in [2.75, 3.05) is 5.32 Å². The lowest BCUT2D eigenvalue weighted by atomic mass is 9.97. The van der Waals surface area contributed by atoms with E-state index in [9.17, 15) is 18.0 Å². The Labute approximate surface area is 190 Å². The molecule has 0 radical (unpaired) electrons. The van der Waals surface area contributed by atoms with Gasteiger partial charge in [0.15, 0.2) is 0 Å². The van der Waals surface area contributed by atoms with Crippen LogP contribution < -0.4 is 10.8 Å². The third-order valence-electron chi connectivity index (χ3n) is 5.48. The van der Waals surface area contributed by atoms with Gasteiger partial charge in [-0.05, 0) is 47.5 Å². The van der Waals surface area contributed by atoms with Crippen molar-refractivity contribution in [3.05, 3.63) is 71.9 Å². The summed E-state index contributed by atoms with van der Waals surface area (Å²) in [5.74, 6) is -0.498. The lowest BCUT2D eigenvalue weighted by molar-refractivity contribution is -0.137. The van der Waals surface area contributed by atoms with Gasteiger partial charge < -0.3 is 10.3 Å². The minimum atomic E-state index is -4.59. The zero-order chi connectivity index (χ0) is 24.0. The highest BCUT2D eigenvalue weighted by Gasteiger charge is 2.34. The summed E-state index contributed by atoms with van der Waals surface area (Å²) in [5, 5.41) is 16.7. The minimum Gasteiger partial charge on any atom is -0.326 e. The standard InChI is InChI=1S/C23H17F3N6O2/c1-32-20-8-12(5-6-14(20)11-27-32)16-9-18-19(10-17(16)23(24,25)26)30-22(29-18)28-15-4-2-3-13(7-15)21(33)31-34/h2-11,34H,1H3,(H,31,33)(H2,28,29,30). The van der Waals surface area contributed by atoms with E-state index in [0.29, 0.717) is 22.3 Å². The summed E-state index contributed by atoms with van der Waals surface area (Å²) in [7, 11) is 1.73. The summed E-state index contributed by atoms with van der Waals surface area (Å²) in [5.41, 5.74) is 3.05. The zero-order valence-corrected chi connectivity index (χ0v) is 17.6. The van der Waals surface area contributed by atoms with Crippen molar-refractivity contribution in [3.63, 3.8) is 0 Å². The molecular formula is C23H17F3N6O2. The molecule has 1 amide bonds. The molecule has 4 N–H and O–H groups in total. The largest absolute Gasteiger partial charge is 0.417 e. The molecule has 0 saturated heterocycles. The molecule has 34 heavy (non-hydrogen) atoms. The first kappa shape index (κ1) is 21.5. The zero-order valence-electron chi connectivity index (χ0n) is 17.6. The molecule has 0 unspecified atom stereocenters. The Morgan fingerprint density at radius 1 is 1.12 bits per heavy atom. The Bertz CT molecular complexity index is 1550. The number of aromatic nitrogens is 4. The van der Waals surface area contributed by atoms with Crippen molar-refractivity contribution < 1.29 is 23.2 Å². The molecule has 172 valence electrons. The lowest BCUT2D eigenvalue weighted by Crippen LogP contribution is -2.18. The molecule has 0 aliphatic heterocycles. The predicted molar refractivity (Wildman–Crippen MR) is 120 cm³/mol. The smallest absolute Gasteiger partial charge is 0.326 e. The molecule has 8 nitrogen and oxygen atoms in total. The van der Waals surface area contributed by atoms with Crippen LogP contribution in [-0.2, 0) is 13.2 Å². The SMILES string of the molecule is Cn1ncc2ccc(-c3cc4[nH]c(Nc5cccc(C(=O)NO)c5)nc4cc3C(F)(F)F)cc21. The van der Waals surface area contributed by atoms with E-state index >= 15 is 0 Å². The van der Waals surface area contributed by atoms with Gasteiger partial charge in [0.1, 0.15) is 0 Å². The van der Waals surface area contributed by atoms with Crippen molar-refractivity contribution in [1.29, 1.82) is 0 Å². The van der Waals surface area contributed by atoms with Crippen LogP contribution in [-0.4, -0.2) is 30.9 Å². The maximum atomic E-state index is 14.0. The van der Waals surface area contributed by atoms with Crippen molar-refractivity contribution in [1.82, 2.24) is 25.2 Å². The van der Waals surface area contributed by atoms with E-state index in [1.54, 1.807) is 53.7 Å². The molecule has 5 rings (SSSR count). The Kier molecular flexibility index (Phi) is 4.98. The number of aryl methyl sites for hydroxylation is 1. The van der Waals surface area contributed by atoms with Crippen molar-refractivity contribution >= 4 is 39.5 Å². The Balaban J connectivity index is 1.59. The molecular weight excluding hydrogens is 449 g/mol. The van der Waals surface area contributed by atoms with Crippen molar-refractivity contribution in [2.24, 2.45) is 7.05 Å². The number of amides is 1. The van der Waals surface area contributed by atoms with Crippen LogP contribution in [0.15, 0.2) is 60.8 Å². The van der Waals surface area contributed by atoms with Gasteiger partial charge in [0.05, 0.1) is 28.3 Å². The highest BCUT2D eigenvalue weighted by molar-refractivity contribution is 5.94. The maximum absolute atomic E-state index is 14.0. The number of nitrogens with one attached hydrogen (secondary N) is 3. The van der Waals surface area contributed by atoms with E-state index in [4.69, 9.17) is 5.21 Å². The van der Waals surface area contributed by atoms with E-state index < -0.39 is 17.6 Å². The third kappa shape index (κ3) is 3.82. The molecule has 0 fully saturated rings. The number of aromatic amines is 1. The fourth-order valence-corrected chi connectivity index (χ4v) is 3.84. The Morgan fingerprint density at radius 3 is 2.71 bits per heavy atom. The molecule has 2 aromatic heterocycles. The third-order valence-corrected chi connectivity index (χ3v) is 5.48. The van der Waals surface area contributed by atoms with Crippen LogP contribution in [0.4, 0.5) is 24.8 Å². The fraction of sp³-hybridized carbons (Fsp3) is 0.0870. The number of halogens is 3. The van der Waals surface area contributed by atoms with E-state index in [2.05, 4.69) is 20.4 Å². The van der Waals surface area contributed by atoms with Gasteiger partial charge in [-0.15, -0.1) is 0 Å². The van der Waals surface area contributed by atoms with Gasteiger partial charge >= 0.3 is 6.18 Å². The van der Waals surface area contributed by atoms with Crippen LogP contribution in [0.25, 0.3) is 33.1 Å². The van der Waals surface area contributed by atoms with Crippen molar-refractivity contribution in [3.8, 4) is 11.1 Å². The number of benzene rings is 3. The first-order chi connectivity index (χ1) is 16.2. The second-order valence-corrected chi connectivity index (χ2v) is 7.69. The summed E-state index contributed by atoms with van der Waals surface area (Å²) >= 11 is 0. The van der Waals surface area contributed by atoms with E-state index in [1.807, 2.05) is 0 Å². The summed E-state index contributed by atoms with van der Waals surface area (Å²) in [6.07, 6.45) is -2.94. The average Bonchev–Trinajstić information content (AvgIpc) is 3.39. The van der Waals surface area contributed by atoms with Crippen molar-refractivity contribution in [2.45, 2.75) is 6.18 Å². The molecule has 3 aromatic carbocycles. The number of imidazole rings is 1. The molecule has 0 aliphatic carbocycles. The van der Waals surface area contributed by atoms with Gasteiger partial charge in [0.25, 0.3) is 5.91 Å². The minimum absolute atomic E-state index is 0.0138. The van der Waals surface area contributed by atoms with Crippen LogP contribution in [0, 0.1) is 0 Å². The number of H-pyrrole nitrogens is 1. The Morgan fingerprint density at radius 2 is 1.94 bits per heavy atom. The number of hydrogen-bond donors (Lipinski definition) is 4. The molecule has 0 spiro atoms. The fourth-order valence-electron chi connectivity index (χ4n) is 3.84. The highest BCUT2D eigenvalue weighted by Crippen LogP contribution is 2.40. The molecule has 0 atom stereocenters. The number of alkyl halides is 3. The number of hydroxylamine groups is 1. The number of nitrogens with zero attached hydrogens (tertiary/aromatic N) is 3. The molecule has 11 heteroatoms. The predicted octanol–water partition coefficient (Wildman–Crippen LogP) is 5.00. The first-order valence-electron chi connectivity index (χ1n) is 10.1. The summed E-state index contributed by atoms with van der Waals surface area (Å²) < 4.78 is 43.5. The van der Waals surface area contributed by atoms with Gasteiger partial charge in [0.2, 0.25) is 5.95 Å². The number of fused-ring (bicyclic) bond motifs is 2. The van der Waals surface area contributed by atoms with Gasteiger partial charge in [0, 0.05) is 23.7 Å². The summed E-state index contributed by atoms with van der Waals surface area (Å²) in [6, 6.07) is 13.7. The quantitative estimate of drug-likeness (QED) is 0.220. The van der Waals surface area contributed by atoms with E-state index in [1.165, 1.54) is 18.2 Å². The number of anilines is 2. The summed E-state index contributed by atoms with van der Waals surface area (Å²) in [4.78, 5) is 18.8. The number of hydrogen-bond acceptors (Lipinski definition) is 5. The van der Waals surface area contributed by atoms with E-state index in [0.717, 1.165) is 11.5 Å². The lowest BCUT2D eigenvalue weighted by Gasteiger charge is -2.13. The normalized spacial score (nSPS) is 11.8. The topological polar surface area (TPSA) is 108 Å². The molecule has 5 aromatic rings. The van der Waals surface area contributed by atoms with Crippen LogP contribution in [0.5, 0.6) is 0 Å². The maximum Gasteiger partial charge on any atom is 0.417 e. The van der Waals surface area contributed by atoms with Crippen LogP contribution >= 0.6 is 0 Å². The van der Waals surface area contributed by atoms with Crippen LogP contribution in [0.1, 0.15) is 15.9 Å². The van der Waals surface area contributed by atoms with E-state index in [-0.39, 0.29) is 22.6 Å².